The van der Waals surface area contributed by atoms with Gasteiger partial charge in [0.1, 0.15) is 0 Å². The average molecular weight is 362 g/mol. The van der Waals surface area contributed by atoms with Crippen LogP contribution in [0.25, 0.3) is 0 Å². The van der Waals surface area contributed by atoms with E-state index in [1.807, 2.05) is 41.1 Å². The molecule has 140 valence electrons. The van der Waals surface area contributed by atoms with Gasteiger partial charge in [0.2, 0.25) is 0 Å². The first-order chi connectivity index (χ1) is 12.9. The Labute approximate surface area is 160 Å². The van der Waals surface area contributed by atoms with Crippen LogP contribution in [-0.2, 0) is 18.5 Å². The molecule has 2 amide bonds. The summed E-state index contributed by atoms with van der Waals surface area (Å²) in [5, 5.41) is 5.92. The molecule has 1 aromatic heterocycles. The number of urea groups is 1. The fourth-order valence-corrected chi connectivity index (χ4v) is 3.02. The number of imidazole rings is 1. The fraction of sp³-hybridized carbons (Fsp3) is 0.273. The second kappa shape index (κ2) is 8.08. The van der Waals surface area contributed by atoms with E-state index < -0.39 is 0 Å². The molecule has 2 aromatic carbocycles. The van der Waals surface area contributed by atoms with Crippen LogP contribution in [0.3, 0.4) is 0 Å². The molecule has 0 radical (unpaired) electrons. The first-order valence-electron chi connectivity index (χ1n) is 9.10. The van der Waals surface area contributed by atoms with Gasteiger partial charge in [-0.3, -0.25) is 0 Å². The predicted octanol–water partition coefficient (Wildman–Crippen LogP) is 4.55. The van der Waals surface area contributed by atoms with Crippen molar-refractivity contribution >= 4 is 11.7 Å². The van der Waals surface area contributed by atoms with Crippen molar-refractivity contribution in [2.24, 2.45) is 0 Å². The minimum Gasteiger partial charge on any atom is -0.334 e. The van der Waals surface area contributed by atoms with E-state index in [4.69, 9.17) is 0 Å². The number of nitrogens with one attached hydrogen (secondary N) is 2. The summed E-state index contributed by atoms with van der Waals surface area (Å²) in [5.74, 6) is 0. The molecule has 0 unspecified atom stereocenters. The zero-order chi connectivity index (χ0) is 19.3. The molecule has 5 nitrogen and oxygen atoms in total. The van der Waals surface area contributed by atoms with Crippen LogP contribution in [-0.4, -0.2) is 15.6 Å². The number of anilines is 1. The SMILES string of the molecule is CC(C)(C)c1ccccc1NC(=O)NCc1cccc(Cn2ccnc2)c1. The number of amides is 2. The number of hydrogen-bond acceptors (Lipinski definition) is 2. The van der Waals surface area contributed by atoms with E-state index in [1.54, 1.807) is 12.5 Å². The second-order valence-corrected chi connectivity index (χ2v) is 7.66. The number of hydrogen-bond donors (Lipinski definition) is 2. The van der Waals surface area contributed by atoms with Crippen molar-refractivity contribution in [3.63, 3.8) is 0 Å². The lowest BCUT2D eigenvalue weighted by Gasteiger charge is -2.23. The van der Waals surface area contributed by atoms with E-state index >= 15 is 0 Å². The molecule has 0 bridgehead atoms. The van der Waals surface area contributed by atoms with Gasteiger partial charge in [-0.2, -0.15) is 0 Å². The molecule has 0 saturated heterocycles. The van der Waals surface area contributed by atoms with Gasteiger partial charge in [-0.1, -0.05) is 63.2 Å². The monoisotopic (exact) mass is 362 g/mol. The maximum Gasteiger partial charge on any atom is 0.319 e. The summed E-state index contributed by atoms with van der Waals surface area (Å²) >= 11 is 0. The first-order valence-corrected chi connectivity index (χ1v) is 9.10. The van der Waals surface area contributed by atoms with Gasteiger partial charge in [-0.25, -0.2) is 9.78 Å². The zero-order valence-electron chi connectivity index (χ0n) is 16.1. The molecule has 0 aliphatic rings. The Bertz CT molecular complexity index is 895. The molecule has 1 heterocycles. The van der Waals surface area contributed by atoms with E-state index in [2.05, 4.69) is 54.6 Å². The van der Waals surface area contributed by atoms with Gasteiger partial charge >= 0.3 is 6.03 Å². The zero-order valence-corrected chi connectivity index (χ0v) is 16.1. The average Bonchev–Trinajstić information content (AvgIpc) is 3.13. The summed E-state index contributed by atoms with van der Waals surface area (Å²) in [6.07, 6.45) is 5.50. The highest BCUT2D eigenvalue weighted by molar-refractivity contribution is 5.90. The number of carbonyl (C=O) groups is 1. The van der Waals surface area contributed by atoms with Gasteiger partial charge in [0.15, 0.2) is 0 Å². The lowest BCUT2D eigenvalue weighted by Crippen LogP contribution is -2.29. The molecule has 0 fully saturated rings. The summed E-state index contributed by atoms with van der Waals surface area (Å²) in [6.45, 7) is 7.64. The van der Waals surface area contributed by atoms with Crippen LogP contribution in [0.15, 0.2) is 67.3 Å². The molecule has 2 N–H and O–H groups in total. The minimum atomic E-state index is -0.202. The van der Waals surface area contributed by atoms with Crippen molar-refractivity contribution in [2.75, 3.05) is 5.32 Å². The van der Waals surface area contributed by atoms with E-state index in [0.717, 1.165) is 23.4 Å². The topological polar surface area (TPSA) is 59.0 Å². The van der Waals surface area contributed by atoms with Gasteiger partial charge in [0, 0.05) is 31.2 Å². The molecule has 0 saturated carbocycles. The van der Waals surface area contributed by atoms with Crippen molar-refractivity contribution in [1.29, 1.82) is 0 Å². The third-order valence-electron chi connectivity index (χ3n) is 4.35. The van der Waals surface area contributed by atoms with Crippen molar-refractivity contribution in [2.45, 2.75) is 39.3 Å². The summed E-state index contributed by atoms with van der Waals surface area (Å²) in [5.41, 5.74) is 4.16. The number of benzene rings is 2. The third-order valence-corrected chi connectivity index (χ3v) is 4.35. The predicted molar refractivity (Wildman–Crippen MR) is 109 cm³/mol. The Balaban J connectivity index is 1.60. The highest BCUT2D eigenvalue weighted by Gasteiger charge is 2.18. The Morgan fingerprint density at radius 1 is 1.07 bits per heavy atom. The lowest BCUT2D eigenvalue weighted by atomic mass is 9.86. The minimum absolute atomic E-state index is 0.0362. The summed E-state index contributed by atoms with van der Waals surface area (Å²) < 4.78 is 2.02. The Morgan fingerprint density at radius 2 is 1.85 bits per heavy atom. The molecule has 0 atom stereocenters. The largest absolute Gasteiger partial charge is 0.334 e. The number of nitrogens with zero attached hydrogens (tertiary/aromatic N) is 2. The maximum atomic E-state index is 12.4. The van der Waals surface area contributed by atoms with Crippen LogP contribution in [0.1, 0.15) is 37.5 Å². The van der Waals surface area contributed by atoms with Gasteiger partial charge in [0.05, 0.1) is 6.33 Å². The van der Waals surface area contributed by atoms with Crippen molar-refractivity contribution in [3.05, 3.63) is 83.9 Å². The number of carbonyl (C=O) groups excluding carboxylic acids is 1. The molecule has 0 aliphatic heterocycles. The Hall–Kier alpha value is -3.08. The van der Waals surface area contributed by atoms with Crippen LogP contribution in [0, 0.1) is 0 Å². The van der Waals surface area contributed by atoms with Crippen molar-refractivity contribution in [1.82, 2.24) is 14.9 Å². The Morgan fingerprint density at radius 3 is 2.59 bits per heavy atom. The molecule has 3 rings (SSSR count). The van der Waals surface area contributed by atoms with Gasteiger partial charge in [-0.05, 0) is 28.2 Å². The van der Waals surface area contributed by atoms with Crippen LogP contribution < -0.4 is 10.6 Å². The maximum absolute atomic E-state index is 12.4. The highest BCUT2D eigenvalue weighted by atomic mass is 16.2. The summed E-state index contributed by atoms with van der Waals surface area (Å²) in [4.78, 5) is 16.4. The molecule has 27 heavy (non-hydrogen) atoms. The van der Waals surface area contributed by atoms with Gasteiger partial charge in [-0.15, -0.1) is 0 Å². The number of para-hydroxylation sites is 1. The summed E-state index contributed by atoms with van der Waals surface area (Å²) in [7, 11) is 0. The van der Waals surface area contributed by atoms with Crippen LogP contribution in [0.4, 0.5) is 10.5 Å². The van der Waals surface area contributed by atoms with E-state index in [-0.39, 0.29) is 11.4 Å². The molecule has 0 aliphatic carbocycles. The smallest absolute Gasteiger partial charge is 0.319 e. The first kappa shape index (κ1) is 18.7. The number of rotatable bonds is 5. The molecule has 0 spiro atoms. The standard InChI is InChI=1S/C22H26N4O/c1-22(2,3)19-9-4-5-10-20(19)25-21(27)24-14-17-7-6-8-18(13-17)15-26-12-11-23-16-26/h4-13,16H,14-15H2,1-3H3,(H2,24,25,27). The summed E-state index contributed by atoms with van der Waals surface area (Å²) in [6, 6.07) is 15.9. The van der Waals surface area contributed by atoms with Crippen molar-refractivity contribution < 1.29 is 4.79 Å². The molecular formula is C22H26N4O. The molecule has 3 aromatic rings. The second-order valence-electron chi connectivity index (χ2n) is 7.66. The normalized spacial score (nSPS) is 11.2. The quantitative estimate of drug-likeness (QED) is 0.699. The van der Waals surface area contributed by atoms with Gasteiger partial charge in [0.25, 0.3) is 0 Å². The van der Waals surface area contributed by atoms with Crippen LogP contribution in [0.5, 0.6) is 0 Å². The lowest BCUT2D eigenvalue weighted by molar-refractivity contribution is 0.251. The van der Waals surface area contributed by atoms with E-state index in [1.165, 1.54) is 5.56 Å². The fourth-order valence-electron chi connectivity index (χ4n) is 3.02. The Kier molecular flexibility index (Phi) is 5.60. The van der Waals surface area contributed by atoms with E-state index in [9.17, 15) is 4.79 Å². The highest BCUT2D eigenvalue weighted by Crippen LogP contribution is 2.29. The van der Waals surface area contributed by atoms with Crippen molar-refractivity contribution in [3.8, 4) is 0 Å². The van der Waals surface area contributed by atoms with E-state index in [0.29, 0.717) is 6.54 Å². The third kappa shape index (κ3) is 5.20. The number of aromatic nitrogens is 2. The van der Waals surface area contributed by atoms with Crippen LogP contribution >= 0.6 is 0 Å². The van der Waals surface area contributed by atoms with Crippen LogP contribution in [0.2, 0.25) is 0 Å². The molecule has 5 heteroatoms. The van der Waals surface area contributed by atoms with Gasteiger partial charge < -0.3 is 15.2 Å². The molecular weight excluding hydrogens is 336 g/mol.